The summed E-state index contributed by atoms with van der Waals surface area (Å²) in [6, 6.07) is 6.13. The van der Waals surface area contributed by atoms with Gasteiger partial charge in [-0.25, -0.2) is 0 Å². The standard InChI is InChI=1S/C18H29N3O.ClH/c1-4-19-12-16-7-9-21(10-8-16)13-18(22)20-17-6-5-14(2)11-15(17)3;/h5-6,11,16,19H,4,7-10,12-13H2,1-3H3,(H,20,22);1H. The number of hydrogen-bond donors (Lipinski definition) is 2. The van der Waals surface area contributed by atoms with E-state index < -0.39 is 0 Å². The molecule has 1 fully saturated rings. The topological polar surface area (TPSA) is 44.4 Å². The smallest absolute Gasteiger partial charge is 0.238 e. The molecule has 0 radical (unpaired) electrons. The quantitative estimate of drug-likeness (QED) is 0.837. The zero-order valence-corrected chi connectivity index (χ0v) is 15.3. The number of rotatable bonds is 6. The van der Waals surface area contributed by atoms with Gasteiger partial charge in [0.15, 0.2) is 0 Å². The van der Waals surface area contributed by atoms with Gasteiger partial charge in [-0.1, -0.05) is 24.6 Å². The second-order valence-electron chi connectivity index (χ2n) is 6.39. The van der Waals surface area contributed by atoms with Crippen LogP contribution in [0.1, 0.15) is 30.9 Å². The van der Waals surface area contributed by atoms with Crippen molar-refractivity contribution >= 4 is 24.0 Å². The number of nitrogens with one attached hydrogen (secondary N) is 2. The monoisotopic (exact) mass is 339 g/mol. The Kier molecular flexibility index (Phi) is 8.59. The molecule has 1 aromatic rings. The largest absolute Gasteiger partial charge is 0.325 e. The minimum Gasteiger partial charge on any atom is -0.325 e. The molecule has 1 amide bonds. The molecule has 1 heterocycles. The first-order chi connectivity index (χ1) is 10.6. The van der Waals surface area contributed by atoms with Gasteiger partial charge in [-0.3, -0.25) is 9.69 Å². The lowest BCUT2D eigenvalue weighted by Gasteiger charge is -2.31. The van der Waals surface area contributed by atoms with E-state index in [0.717, 1.165) is 43.3 Å². The summed E-state index contributed by atoms with van der Waals surface area (Å²) in [4.78, 5) is 14.5. The molecule has 4 nitrogen and oxygen atoms in total. The second-order valence-corrected chi connectivity index (χ2v) is 6.39. The highest BCUT2D eigenvalue weighted by molar-refractivity contribution is 5.93. The van der Waals surface area contributed by atoms with Gasteiger partial charge in [0.1, 0.15) is 0 Å². The molecule has 23 heavy (non-hydrogen) atoms. The molecular formula is C18H30ClN3O. The number of hydrogen-bond acceptors (Lipinski definition) is 3. The highest BCUT2D eigenvalue weighted by Gasteiger charge is 2.20. The lowest BCUT2D eigenvalue weighted by Crippen LogP contribution is -2.41. The molecule has 0 bridgehead atoms. The van der Waals surface area contributed by atoms with E-state index in [2.05, 4.69) is 35.4 Å². The Morgan fingerprint density at radius 1 is 1.26 bits per heavy atom. The molecule has 130 valence electrons. The lowest BCUT2D eigenvalue weighted by atomic mass is 9.97. The predicted molar refractivity (Wildman–Crippen MR) is 99.5 cm³/mol. The van der Waals surface area contributed by atoms with Crippen LogP contribution in [-0.4, -0.2) is 43.5 Å². The molecule has 1 aliphatic heterocycles. The average Bonchev–Trinajstić information content (AvgIpc) is 2.49. The minimum atomic E-state index is 0. The van der Waals surface area contributed by atoms with Crippen LogP contribution in [0.3, 0.4) is 0 Å². The number of likely N-dealkylation sites (tertiary alicyclic amines) is 1. The van der Waals surface area contributed by atoms with Crippen molar-refractivity contribution in [1.82, 2.24) is 10.2 Å². The number of amides is 1. The third-order valence-corrected chi connectivity index (χ3v) is 4.41. The summed E-state index contributed by atoms with van der Waals surface area (Å²) in [5.74, 6) is 0.857. The Balaban J connectivity index is 0.00000264. The summed E-state index contributed by atoms with van der Waals surface area (Å²) in [5, 5.41) is 6.46. The van der Waals surface area contributed by atoms with Crippen LogP contribution in [0.4, 0.5) is 5.69 Å². The van der Waals surface area contributed by atoms with E-state index >= 15 is 0 Å². The first-order valence-corrected chi connectivity index (χ1v) is 8.38. The number of halogens is 1. The van der Waals surface area contributed by atoms with Crippen molar-refractivity contribution in [3.05, 3.63) is 29.3 Å². The van der Waals surface area contributed by atoms with E-state index in [-0.39, 0.29) is 18.3 Å². The fourth-order valence-corrected chi connectivity index (χ4v) is 3.04. The van der Waals surface area contributed by atoms with Gasteiger partial charge < -0.3 is 10.6 Å². The zero-order chi connectivity index (χ0) is 15.9. The van der Waals surface area contributed by atoms with Crippen LogP contribution < -0.4 is 10.6 Å². The molecular weight excluding hydrogens is 310 g/mol. The number of carbonyl (C=O) groups excluding carboxylic acids is 1. The van der Waals surface area contributed by atoms with Crippen molar-refractivity contribution in [3.8, 4) is 0 Å². The van der Waals surface area contributed by atoms with Crippen LogP contribution >= 0.6 is 12.4 Å². The van der Waals surface area contributed by atoms with Gasteiger partial charge in [-0.05, 0) is 70.4 Å². The van der Waals surface area contributed by atoms with Crippen molar-refractivity contribution in [3.63, 3.8) is 0 Å². The van der Waals surface area contributed by atoms with Crippen LogP contribution in [0.5, 0.6) is 0 Å². The Hall–Kier alpha value is -1.10. The molecule has 1 aliphatic rings. The number of carbonyl (C=O) groups is 1. The summed E-state index contributed by atoms with van der Waals surface area (Å²) in [7, 11) is 0. The van der Waals surface area contributed by atoms with Crippen molar-refractivity contribution in [2.24, 2.45) is 5.92 Å². The number of benzene rings is 1. The van der Waals surface area contributed by atoms with Crippen LogP contribution in [0, 0.1) is 19.8 Å². The predicted octanol–water partition coefficient (Wildman–Crippen LogP) is 2.99. The van der Waals surface area contributed by atoms with Crippen LogP contribution in [0.25, 0.3) is 0 Å². The maximum Gasteiger partial charge on any atom is 0.238 e. The number of anilines is 1. The van der Waals surface area contributed by atoms with Crippen LogP contribution in [-0.2, 0) is 4.79 Å². The minimum absolute atomic E-state index is 0. The average molecular weight is 340 g/mol. The molecule has 2 N–H and O–H groups in total. The molecule has 0 aromatic heterocycles. The molecule has 1 saturated heterocycles. The molecule has 0 spiro atoms. The molecule has 1 aromatic carbocycles. The van der Waals surface area contributed by atoms with Gasteiger partial charge >= 0.3 is 0 Å². The van der Waals surface area contributed by atoms with Crippen molar-refractivity contribution in [2.45, 2.75) is 33.6 Å². The van der Waals surface area contributed by atoms with Gasteiger partial charge in [0.05, 0.1) is 6.54 Å². The molecule has 5 heteroatoms. The second kappa shape index (κ2) is 9.91. The molecule has 0 unspecified atom stereocenters. The maximum atomic E-state index is 12.2. The number of nitrogens with zero attached hydrogens (tertiary/aromatic N) is 1. The summed E-state index contributed by atoms with van der Waals surface area (Å²) in [5.41, 5.74) is 3.27. The highest BCUT2D eigenvalue weighted by atomic mass is 35.5. The van der Waals surface area contributed by atoms with E-state index in [9.17, 15) is 4.79 Å². The van der Waals surface area contributed by atoms with E-state index in [1.54, 1.807) is 0 Å². The number of piperidine rings is 1. The Morgan fingerprint density at radius 2 is 1.96 bits per heavy atom. The Morgan fingerprint density at radius 3 is 2.57 bits per heavy atom. The van der Waals surface area contributed by atoms with Gasteiger partial charge in [-0.15, -0.1) is 12.4 Å². The first-order valence-electron chi connectivity index (χ1n) is 8.38. The molecule has 0 saturated carbocycles. The molecule has 0 atom stereocenters. The molecule has 2 rings (SSSR count). The molecule has 0 aliphatic carbocycles. The third-order valence-electron chi connectivity index (χ3n) is 4.41. The van der Waals surface area contributed by atoms with Crippen molar-refractivity contribution in [2.75, 3.05) is 38.0 Å². The third kappa shape index (κ3) is 6.50. The number of aryl methyl sites for hydroxylation is 2. The summed E-state index contributed by atoms with van der Waals surface area (Å²) in [6.07, 6.45) is 2.37. The maximum absolute atomic E-state index is 12.2. The fourth-order valence-electron chi connectivity index (χ4n) is 3.04. The van der Waals surface area contributed by atoms with Gasteiger partial charge in [-0.2, -0.15) is 0 Å². The van der Waals surface area contributed by atoms with Crippen LogP contribution in [0.15, 0.2) is 18.2 Å². The normalized spacial score (nSPS) is 16.0. The van der Waals surface area contributed by atoms with E-state index in [1.807, 2.05) is 19.1 Å². The van der Waals surface area contributed by atoms with Gasteiger partial charge in [0.25, 0.3) is 0 Å². The van der Waals surface area contributed by atoms with Gasteiger partial charge in [0, 0.05) is 5.69 Å². The van der Waals surface area contributed by atoms with E-state index in [4.69, 9.17) is 0 Å². The van der Waals surface area contributed by atoms with Crippen molar-refractivity contribution in [1.29, 1.82) is 0 Å². The fraction of sp³-hybridized carbons (Fsp3) is 0.611. The SMILES string of the molecule is CCNCC1CCN(CC(=O)Nc2ccc(C)cc2C)CC1.Cl. The van der Waals surface area contributed by atoms with E-state index in [1.165, 1.54) is 18.4 Å². The Bertz CT molecular complexity index is 499. The summed E-state index contributed by atoms with van der Waals surface area (Å²) in [6.45, 7) is 10.9. The van der Waals surface area contributed by atoms with E-state index in [0.29, 0.717) is 6.54 Å². The lowest BCUT2D eigenvalue weighted by molar-refractivity contribution is -0.117. The van der Waals surface area contributed by atoms with Gasteiger partial charge in [0.2, 0.25) is 5.91 Å². The first kappa shape index (κ1) is 19.9. The summed E-state index contributed by atoms with van der Waals surface area (Å²) >= 11 is 0. The zero-order valence-electron chi connectivity index (χ0n) is 14.5. The highest BCUT2D eigenvalue weighted by Crippen LogP contribution is 2.18. The van der Waals surface area contributed by atoms with Crippen molar-refractivity contribution < 1.29 is 4.79 Å². The summed E-state index contributed by atoms with van der Waals surface area (Å²) < 4.78 is 0. The van der Waals surface area contributed by atoms with Crippen LogP contribution in [0.2, 0.25) is 0 Å². The Labute approximate surface area is 146 Å².